The Morgan fingerprint density at radius 2 is 2.03 bits per heavy atom. The fourth-order valence-electron chi connectivity index (χ4n) is 3.58. The van der Waals surface area contributed by atoms with Gasteiger partial charge in [0.1, 0.15) is 17.7 Å². The maximum atomic E-state index is 13.2. The monoisotopic (exact) mass is 451 g/mol. The number of likely N-dealkylation sites (N-methyl/N-ethyl adjacent to an activating group) is 1. The topological polar surface area (TPSA) is 78.4 Å². The quantitative estimate of drug-likeness (QED) is 0.774. The van der Waals surface area contributed by atoms with Gasteiger partial charge in [-0.25, -0.2) is 14.8 Å². The number of nitrogens with zero attached hydrogens (tertiary/aromatic N) is 4. The highest BCUT2D eigenvalue weighted by atomic mass is 35.5. The Morgan fingerprint density at radius 3 is 2.74 bits per heavy atom. The normalized spacial score (nSPS) is 18.0. The van der Waals surface area contributed by atoms with Gasteiger partial charge >= 0.3 is 12.2 Å². The van der Waals surface area contributed by atoms with Crippen LogP contribution < -0.4 is 15.1 Å². The Balaban J connectivity index is 1.64. The molecule has 1 atom stereocenters. The van der Waals surface area contributed by atoms with Crippen LogP contribution in [0.2, 0.25) is 0 Å². The van der Waals surface area contributed by atoms with Crippen molar-refractivity contribution in [1.82, 2.24) is 15.3 Å². The number of rotatable bonds is 3. The Bertz CT molecular complexity index is 1120. The van der Waals surface area contributed by atoms with E-state index in [1.807, 2.05) is 6.08 Å². The summed E-state index contributed by atoms with van der Waals surface area (Å²) in [7, 11) is 1.49. The van der Waals surface area contributed by atoms with Crippen LogP contribution in [-0.4, -0.2) is 41.5 Å². The van der Waals surface area contributed by atoms with Crippen molar-refractivity contribution < 1.29 is 22.8 Å². The van der Waals surface area contributed by atoms with E-state index in [2.05, 4.69) is 15.3 Å². The largest absolute Gasteiger partial charge is 0.416 e. The summed E-state index contributed by atoms with van der Waals surface area (Å²) in [6.07, 6.45) is -2.26. The van der Waals surface area contributed by atoms with Gasteiger partial charge in [-0.15, -0.1) is 0 Å². The van der Waals surface area contributed by atoms with E-state index in [1.165, 1.54) is 18.9 Å². The molecule has 0 spiro atoms. The molecule has 2 aromatic heterocycles. The SMILES string of the molecule is Cc1cc(C(F)(F)F)cc(N2C(=O)NC[C@H]2C(=O)N(C)c2ccc3c(n2)CC=C3Cl)n1. The van der Waals surface area contributed by atoms with E-state index in [-0.39, 0.29) is 18.1 Å². The van der Waals surface area contributed by atoms with Gasteiger partial charge in [0.2, 0.25) is 0 Å². The predicted octanol–water partition coefficient (Wildman–Crippen LogP) is 3.50. The number of fused-ring (bicyclic) bond motifs is 1. The van der Waals surface area contributed by atoms with Crippen LogP contribution in [-0.2, 0) is 17.4 Å². The molecule has 1 N–H and O–H groups in total. The molecule has 0 radical (unpaired) electrons. The van der Waals surface area contributed by atoms with E-state index in [9.17, 15) is 22.8 Å². The number of halogens is 4. The van der Waals surface area contributed by atoms with Gasteiger partial charge in [-0.3, -0.25) is 14.6 Å². The number of urea groups is 1. The Labute approximate surface area is 180 Å². The van der Waals surface area contributed by atoms with Crippen LogP contribution in [0.5, 0.6) is 0 Å². The van der Waals surface area contributed by atoms with Crippen molar-refractivity contribution in [3.8, 4) is 0 Å². The zero-order valence-corrected chi connectivity index (χ0v) is 17.3. The molecule has 2 aromatic rings. The zero-order valence-electron chi connectivity index (χ0n) is 16.5. The molecule has 3 heterocycles. The summed E-state index contributed by atoms with van der Waals surface area (Å²) >= 11 is 6.10. The van der Waals surface area contributed by atoms with Crippen molar-refractivity contribution in [2.45, 2.75) is 25.6 Å². The van der Waals surface area contributed by atoms with E-state index in [4.69, 9.17) is 11.6 Å². The second-order valence-corrected chi connectivity index (χ2v) is 7.65. The first kappa shape index (κ1) is 21.1. The van der Waals surface area contributed by atoms with Gasteiger partial charge in [0.15, 0.2) is 0 Å². The fourth-order valence-corrected chi connectivity index (χ4v) is 3.83. The smallest absolute Gasteiger partial charge is 0.335 e. The van der Waals surface area contributed by atoms with Gasteiger partial charge in [0, 0.05) is 36.3 Å². The number of anilines is 2. The highest BCUT2D eigenvalue weighted by Crippen LogP contribution is 2.33. The molecule has 0 unspecified atom stereocenters. The van der Waals surface area contributed by atoms with Crippen molar-refractivity contribution in [3.05, 3.63) is 52.9 Å². The number of allylic oxidation sites excluding steroid dienone is 1. The first-order valence-corrected chi connectivity index (χ1v) is 9.70. The molecule has 1 aliphatic carbocycles. The molecule has 162 valence electrons. The van der Waals surface area contributed by atoms with Crippen LogP contribution in [0.15, 0.2) is 30.3 Å². The molecule has 1 aliphatic heterocycles. The second kappa shape index (κ2) is 7.52. The molecule has 1 saturated heterocycles. The van der Waals surface area contributed by atoms with Gasteiger partial charge < -0.3 is 5.32 Å². The van der Waals surface area contributed by atoms with Crippen molar-refractivity contribution in [2.75, 3.05) is 23.4 Å². The van der Waals surface area contributed by atoms with Crippen LogP contribution in [0.25, 0.3) is 5.03 Å². The molecule has 0 aromatic carbocycles. The molecule has 4 rings (SSSR count). The minimum Gasteiger partial charge on any atom is -0.335 e. The third kappa shape index (κ3) is 3.83. The lowest BCUT2D eigenvalue weighted by atomic mass is 10.2. The number of amides is 3. The number of carbonyl (C=O) groups is 2. The summed E-state index contributed by atoms with van der Waals surface area (Å²) in [6, 6.07) is 3.24. The van der Waals surface area contributed by atoms with Gasteiger partial charge in [-0.2, -0.15) is 13.2 Å². The average Bonchev–Trinajstić information content (AvgIpc) is 3.28. The Morgan fingerprint density at radius 1 is 1.29 bits per heavy atom. The lowest BCUT2D eigenvalue weighted by Crippen LogP contribution is -2.47. The van der Waals surface area contributed by atoms with E-state index >= 15 is 0 Å². The van der Waals surface area contributed by atoms with Gasteiger partial charge in [0.05, 0.1) is 11.3 Å². The molecular formula is C20H17ClF3N5O2. The highest BCUT2D eigenvalue weighted by molar-refractivity contribution is 6.49. The fraction of sp³-hybridized carbons (Fsp3) is 0.300. The van der Waals surface area contributed by atoms with Crippen LogP contribution in [0, 0.1) is 6.92 Å². The maximum Gasteiger partial charge on any atom is 0.416 e. The van der Waals surface area contributed by atoms with Crippen molar-refractivity contribution in [3.63, 3.8) is 0 Å². The molecule has 3 amide bonds. The van der Waals surface area contributed by atoms with Crippen molar-refractivity contribution in [1.29, 1.82) is 0 Å². The number of aryl methyl sites for hydroxylation is 1. The molecule has 11 heteroatoms. The molecule has 2 aliphatic rings. The molecule has 0 saturated carbocycles. The van der Waals surface area contributed by atoms with Crippen LogP contribution in [0.1, 0.15) is 22.5 Å². The minimum atomic E-state index is -4.61. The van der Waals surface area contributed by atoms with E-state index in [0.717, 1.165) is 28.3 Å². The van der Waals surface area contributed by atoms with Gasteiger partial charge in [0.25, 0.3) is 5.91 Å². The van der Waals surface area contributed by atoms with Gasteiger partial charge in [-0.1, -0.05) is 17.7 Å². The van der Waals surface area contributed by atoms with Crippen LogP contribution >= 0.6 is 11.6 Å². The number of aromatic nitrogens is 2. The molecule has 31 heavy (non-hydrogen) atoms. The number of hydrogen-bond donors (Lipinski definition) is 1. The molecule has 7 nitrogen and oxygen atoms in total. The predicted molar refractivity (Wildman–Crippen MR) is 109 cm³/mol. The molecule has 1 fully saturated rings. The van der Waals surface area contributed by atoms with Crippen LogP contribution in [0.3, 0.4) is 0 Å². The van der Waals surface area contributed by atoms with Crippen LogP contribution in [0.4, 0.5) is 29.6 Å². The number of pyridine rings is 2. The number of nitrogens with one attached hydrogen (secondary N) is 1. The van der Waals surface area contributed by atoms with Crippen molar-refractivity contribution in [2.24, 2.45) is 0 Å². The first-order chi connectivity index (χ1) is 14.6. The third-order valence-electron chi connectivity index (χ3n) is 5.14. The summed E-state index contributed by atoms with van der Waals surface area (Å²) < 4.78 is 39.7. The second-order valence-electron chi connectivity index (χ2n) is 7.24. The summed E-state index contributed by atoms with van der Waals surface area (Å²) in [5.74, 6) is -0.414. The summed E-state index contributed by atoms with van der Waals surface area (Å²) in [5.41, 5.74) is 0.636. The number of alkyl halides is 3. The molecular weight excluding hydrogens is 435 g/mol. The van der Waals surface area contributed by atoms with Gasteiger partial charge in [-0.05, 0) is 31.2 Å². The van der Waals surface area contributed by atoms with E-state index < -0.39 is 29.7 Å². The summed E-state index contributed by atoms with van der Waals surface area (Å²) in [4.78, 5) is 36.3. The molecule has 0 bridgehead atoms. The lowest BCUT2D eigenvalue weighted by Gasteiger charge is -2.26. The summed E-state index contributed by atoms with van der Waals surface area (Å²) in [5, 5.41) is 3.09. The zero-order chi connectivity index (χ0) is 22.5. The lowest BCUT2D eigenvalue weighted by molar-refractivity contribution is -0.137. The minimum absolute atomic E-state index is 0.0721. The standard InChI is InChI=1S/C20H17ClF3N5O2/c1-10-7-11(20(22,23)24)8-17(26-10)29-15(9-25-19(29)31)18(30)28(2)16-6-3-12-13(21)4-5-14(12)27-16/h3-4,6-8,15H,5,9H2,1-2H3,(H,25,31)/t15-/m0/s1. The van der Waals surface area contributed by atoms with Crippen molar-refractivity contribution >= 4 is 40.2 Å². The van der Waals surface area contributed by atoms with E-state index in [0.29, 0.717) is 17.3 Å². The maximum absolute atomic E-state index is 13.2. The average molecular weight is 452 g/mol. The number of carbonyl (C=O) groups excluding carboxylic acids is 2. The first-order valence-electron chi connectivity index (χ1n) is 9.32. The third-order valence-corrected chi connectivity index (χ3v) is 5.50. The Kier molecular flexibility index (Phi) is 5.12. The number of hydrogen-bond acceptors (Lipinski definition) is 4. The Hall–Kier alpha value is -3.14. The summed E-state index contributed by atoms with van der Waals surface area (Å²) in [6.45, 7) is 1.32. The highest BCUT2D eigenvalue weighted by Gasteiger charge is 2.41. The van der Waals surface area contributed by atoms with E-state index in [1.54, 1.807) is 12.1 Å².